The summed E-state index contributed by atoms with van der Waals surface area (Å²) in [5.74, 6) is -0.523. The molecule has 0 saturated carbocycles. The average molecular weight is 394 g/mol. The summed E-state index contributed by atoms with van der Waals surface area (Å²) in [6, 6.07) is -0.802. The first-order valence-electron chi connectivity index (χ1n) is 8.97. The zero-order chi connectivity index (χ0) is 20.3. The fourth-order valence-corrected chi connectivity index (χ4v) is 3.43. The minimum Gasteiger partial charge on any atom is -0.464 e. The maximum Gasteiger partial charge on any atom is 0.348 e. The van der Waals surface area contributed by atoms with Crippen molar-refractivity contribution in [1.29, 1.82) is 0 Å². The van der Waals surface area contributed by atoms with Crippen molar-refractivity contribution in [3.05, 3.63) is 27.1 Å². The summed E-state index contributed by atoms with van der Waals surface area (Å²) < 4.78 is 11.7. The van der Waals surface area contributed by atoms with Gasteiger partial charge < -0.3 is 9.47 Å². The Kier molecular flexibility index (Phi) is 6.75. The van der Waals surface area contributed by atoms with Crippen molar-refractivity contribution in [2.75, 3.05) is 13.2 Å². The number of carbonyl (C=O) groups excluding carboxylic acids is 2. The number of rotatable bonds is 7. The van der Waals surface area contributed by atoms with Crippen molar-refractivity contribution < 1.29 is 19.1 Å². The second-order valence-electron chi connectivity index (χ2n) is 7.39. The summed E-state index contributed by atoms with van der Waals surface area (Å²) in [4.78, 5) is 42.5. The average Bonchev–Trinajstić information content (AvgIpc) is 2.94. The lowest BCUT2D eigenvalue weighted by Crippen LogP contribution is -2.30. The van der Waals surface area contributed by atoms with Crippen LogP contribution in [0.2, 0.25) is 0 Å². The Labute approximate surface area is 162 Å². The van der Waals surface area contributed by atoms with E-state index < -0.39 is 18.0 Å². The second kappa shape index (κ2) is 8.65. The highest BCUT2D eigenvalue weighted by atomic mass is 32.1. The van der Waals surface area contributed by atoms with Crippen molar-refractivity contribution in [3.63, 3.8) is 0 Å². The van der Waals surface area contributed by atoms with E-state index in [0.29, 0.717) is 27.3 Å². The van der Waals surface area contributed by atoms with Gasteiger partial charge in [-0.25, -0.2) is 14.6 Å². The molecule has 1 atom stereocenters. The second-order valence-corrected chi connectivity index (χ2v) is 8.38. The Morgan fingerprint density at radius 1 is 1.11 bits per heavy atom. The summed E-state index contributed by atoms with van der Waals surface area (Å²) >= 11 is 1.13. The van der Waals surface area contributed by atoms with E-state index >= 15 is 0 Å². The first kappa shape index (κ1) is 21.1. The van der Waals surface area contributed by atoms with Gasteiger partial charge in [-0.3, -0.25) is 9.36 Å². The lowest BCUT2D eigenvalue weighted by atomic mass is 10.2. The van der Waals surface area contributed by atoms with Crippen LogP contribution in [0.3, 0.4) is 0 Å². The first-order chi connectivity index (χ1) is 12.6. The number of esters is 2. The minimum absolute atomic E-state index is 0.206. The van der Waals surface area contributed by atoms with Crippen LogP contribution in [-0.4, -0.2) is 34.7 Å². The number of nitrogens with zero attached hydrogens (tertiary/aromatic N) is 2. The van der Waals surface area contributed by atoms with E-state index in [1.807, 2.05) is 27.7 Å². The molecule has 0 unspecified atom stereocenters. The summed E-state index contributed by atoms with van der Waals surface area (Å²) in [5, 5.41) is 0.336. The molecule has 8 heteroatoms. The van der Waals surface area contributed by atoms with Gasteiger partial charge in [0.05, 0.1) is 24.9 Å². The van der Waals surface area contributed by atoms with Crippen LogP contribution in [-0.2, 0) is 14.3 Å². The SMILES string of the molecule is Cc1c(C(=O)OCC(C)C)sc2ncn([C@@H](C)C(=O)OCC(C)C)c(=O)c12. The van der Waals surface area contributed by atoms with Crippen molar-refractivity contribution in [2.24, 2.45) is 11.8 Å². The zero-order valence-electron chi connectivity index (χ0n) is 16.6. The standard InChI is InChI=1S/C19H26N2O5S/c1-10(2)7-25-18(23)13(6)21-9-20-16-14(17(21)22)12(5)15(27-16)19(24)26-8-11(3)4/h9-11,13H,7-8H2,1-6H3/t13-/m0/s1. The van der Waals surface area contributed by atoms with E-state index in [1.54, 1.807) is 13.8 Å². The van der Waals surface area contributed by atoms with Crippen LogP contribution in [0.25, 0.3) is 10.2 Å². The predicted octanol–water partition coefficient (Wildman–Crippen LogP) is 3.34. The Bertz CT molecular complexity index is 897. The highest BCUT2D eigenvalue weighted by molar-refractivity contribution is 7.20. The lowest BCUT2D eigenvalue weighted by Gasteiger charge is -2.15. The smallest absolute Gasteiger partial charge is 0.348 e. The minimum atomic E-state index is -0.802. The molecule has 0 spiro atoms. The van der Waals surface area contributed by atoms with Gasteiger partial charge in [0.15, 0.2) is 0 Å². The molecule has 0 saturated heterocycles. The van der Waals surface area contributed by atoms with Crippen LogP contribution < -0.4 is 5.56 Å². The molecule has 0 bridgehead atoms. The van der Waals surface area contributed by atoms with Crippen LogP contribution in [0.1, 0.15) is 55.9 Å². The molecule has 0 N–H and O–H groups in total. The first-order valence-corrected chi connectivity index (χ1v) is 9.79. The number of ether oxygens (including phenoxy) is 2. The molecule has 0 aliphatic heterocycles. The molecular formula is C19H26N2O5S. The van der Waals surface area contributed by atoms with E-state index in [1.165, 1.54) is 10.9 Å². The van der Waals surface area contributed by atoms with Gasteiger partial charge in [0, 0.05) is 0 Å². The molecule has 0 aliphatic carbocycles. The van der Waals surface area contributed by atoms with Gasteiger partial charge in [0.2, 0.25) is 0 Å². The Morgan fingerprint density at radius 2 is 1.70 bits per heavy atom. The van der Waals surface area contributed by atoms with Gasteiger partial charge in [0.25, 0.3) is 5.56 Å². The van der Waals surface area contributed by atoms with Crippen molar-refractivity contribution in [2.45, 2.75) is 47.6 Å². The number of fused-ring (bicyclic) bond motifs is 1. The number of aryl methyl sites for hydroxylation is 1. The van der Waals surface area contributed by atoms with Gasteiger partial charge in [-0.05, 0) is 31.2 Å². The monoisotopic (exact) mass is 394 g/mol. The molecule has 0 amide bonds. The summed E-state index contributed by atoms with van der Waals surface area (Å²) in [6.45, 7) is 11.7. The normalized spacial score (nSPS) is 12.6. The maximum absolute atomic E-state index is 12.9. The van der Waals surface area contributed by atoms with Crippen molar-refractivity contribution in [3.8, 4) is 0 Å². The molecule has 0 fully saturated rings. The van der Waals surface area contributed by atoms with Gasteiger partial charge in [-0.15, -0.1) is 11.3 Å². The molecule has 0 aromatic carbocycles. The fourth-order valence-electron chi connectivity index (χ4n) is 2.40. The Hall–Kier alpha value is -2.22. The van der Waals surface area contributed by atoms with Gasteiger partial charge in [-0.1, -0.05) is 27.7 Å². The van der Waals surface area contributed by atoms with E-state index in [2.05, 4.69) is 4.98 Å². The van der Waals surface area contributed by atoms with E-state index in [4.69, 9.17) is 9.47 Å². The number of hydrogen-bond donors (Lipinski definition) is 0. The topological polar surface area (TPSA) is 87.5 Å². The van der Waals surface area contributed by atoms with Crippen molar-refractivity contribution >= 4 is 33.5 Å². The maximum atomic E-state index is 12.9. The Morgan fingerprint density at radius 3 is 2.30 bits per heavy atom. The molecule has 2 rings (SSSR count). The number of hydrogen-bond acceptors (Lipinski definition) is 7. The third-order valence-electron chi connectivity index (χ3n) is 3.93. The number of carbonyl (C=O) groups is 2. The van der Waals surface area contributed by atoms with Gasteiger partial charge in [-0.2, -0.15) is 0 Å². The van der Waals surface area contributed by atoms with E-state index in [9.17, 15) is 14.4 Å². The molecule has 27 heavy (non-hydrogen) atoms. The summed E-state index contributed by atoms with van der Waals surface area (Å²) in [6.07, 6.45) is 1.32. The molecule has 2 heterocycles. The van der Waals surface area contributed by atoms with Gasteiger partial charge >= 0.3 is 11.9 Å². The van der Waals surface area contributed by atoms with E-state index in [-0.39, 0.29) is 24.0 Å². The molecule has 2 aromatic heterocycles. The lowest BCUT2D eigenvalue weighted by molar-refractivity contribution is -0.148. The third-order valence-corrected chi connectivity index (χ3v) is 5.11. The van der Waals surface area contributed by atoms with Gasteiger partial charge in [0.1, 0.15) is 15.7 Å². The summed E-state index contributed by atoms with van der Waals surface area (Å²) in [5.41, 5.74) is 0.156. The zero-order valence-corrected chi connectivity index (χ0v) is 17.4. The predicted molar refractivity (Wildman–Crippen MR) is 104 cm³/mol. The van der Waals surface area contributed by atoms with E-state index in [0.717, 1.165) is 11.3 Å². The van der Waals surface area contributed by atoms with Crippen LogP contribution in [0.4, 0.5) is 0 Å². The molecule has 2 aromatic rings. The highest BCUT2D eigenvalue weighted by Gasteiger charge is 2.24. The molecule has 7 nitrogen and oxygen atoms in total. The van der Waals surface area contributed by atoms with Crippen LogP contribution in [0.5, 0.6) is 0 Å². The Balaban J connectivity index is 2.36. The molecule has 0 radical (unpaired) electrons. The van der Waals surface area contributed by atoms with Crippen molar-refractivity contribution in [1.82, 2.24) is 9.55 Å². The van der Waals surface area contributed by atoms with Crippen LogP contribution in [0, 0.1) is 18.8 Å². The highest BCUT2D eigenvalue weighted by Crippen LogP contribution is 2.28. The van der Waals surface area contributed by atoms with Crippen LogP contribution in [0.15, 0.2) is 11.1 Å². The summed E-state index contributed by atoms with van der Waals surface area (Å²) in [7, 11) is 0. The van der Waals surface area contributed by atoms with Crippen LogP contribution >= 0.6 is 11.3 Å². The number of thiophene rings is 1. The number of aromatic nitrogens is 2. The molecule has 0 aliphatic rings. The largest absolute Gasteiger partial charge is 0.464 e. The fraction of sp³-hybridized carbons (Fsp3) is 0.579. The third kappa shape index (κ3) is 4.74. The molecular weight excluding hydrogens is 368 g/mol. The quantitative estimate of drug-likeness (QED) is 0.669. The molecule has 148 valence electrons.